The Hall–Kier alpha value is -1.39. The molecule has 1 heterocycles. The van der Waals surface area contributed by atoms with Crippen molar-refractivity contribution in [3.8, 4) is 0 Å². The van der Waals surface area contributed by atoms with Gasteiger partial charge in [-0.05, 0) is 39.0 Å². The van der Waals surface area contributed by atoms with Crippen molar-refractivity contribution in [2.45, 2.75) is 19.8 Å². The van der Waals surface area contributed by atoms with E-state index in [0.717, 1.165) is 16.8 Å². The van der Waals surface area contributed by atoms with Gasteiger partial charge in [0.05, 0.1) is 0 Å². The van der Waals surface area contributed by atoms with Crippen molar-refractivity contribution >= 4 is 21.7 Å². The predicted molar refractivity (Wildman–Crippen MR) is 90.5 cm³/mol. The van der Waals surface area contributed by atoms with Crippen molar-refractivity contribution in [2.24, 2.45) is 5.41 Å². The smallest absolute Gasteiger partial charge is 0.125 e. The molecular weight excluding hydrogens is 328 g/mol. The van der Waals surface area contributed by atoms with Crippen LogP contribution in [0.2, 0.25) is 0 Å². The van der Waals surface area contributed by atoms with Crippen LogP contribution in [-0.4, -0.2) is 23.2 Å². The Morgan fingerprint density at radius 2 is 1.90 bits per heavy atom. The van der Waals surface area contributed by atoms with Gasteiger partial charge in [-0.1, -0.05) is 44.2 Å². The minimum absolute atomic E-state index is 0.141. The fourth-order valence-corrected chi connectivity index (χ4v) is 2.56. The van der Waals surface area contributed by atoms with Crippen LogP contribution in [0.4, 0.5) is 5.82 Å². The van der Waals surface area contributed by atoms with Crippen LogP contribution in [0.5, 0.6) is 0 Å². The van der Waals surface area contributed by atoms with Gasteiger partial charge in [-0.25, -0.2) is 4.98 Å². The van der Waals surface area contributed by atoms with Crippen LogP contribution in [0.25, 0.3) is 0 Å². The van der Waals surface area contributed by atoms with Crippen molar-refractivity contribution < 1.29 is 5.11 Å². The molecule has 0 bridgehead atoms. The summed E-state index contributed by atoms with van der Waals surface area (Å²) in [6.45, 7) is 5.04. The summed E-state index contributed by atoms with van der Waals surface area (Å²) in [6.07, 6.45) is 1.77. The van der Waals surface area contributed by atoms with E-state index in [1.165, 1.54) is 5.56 Å². The molecular formula is C17H21BrN2O. The highest BCUT2D eigenvalue weighted by molar-refractivity contribution is 9.10. The highest BCUT2D eigenvalue weighted by atomic mass is 79.9. The molecule has 0 amide bonds. The third-order valence-electron chi connectivity index (χ3n) is 3.77. The van der Waals surface area contributed by atoms with E-state index in [2.05, 4.69) is 52.2 Å². The quantitative estimate of drug-likeness (QED) is 0.827. The molecule has 2 N–H and O–H groups in total. The molecule has 3 nitrogen and oxygen atoms in total. The zero-order chi connectivity index (χ0) is 15.3. The number of hydrogen-bond donors (Lipinski definition) is 2. The maximum atomic E-state index is 9.71. The third-order valence-corrected chi connectivity index (χ3v) is 4.24. The second kappa shape index (κ2) is 7.05. The first-order valence-corrected chi connectivity index (χ1v) is 7.83. The van der Waals surface area contributed by atoms with Crippen molar-refractivity contribution in [3.63, 3.8) is 0 Å². The van der Waals surface area contributed by atoms with Gasteiger partial charge < -0.3 is 10.4 Å². The van der Waals surface area contributed by atoms with Crippen LogP contribution < -0.4 is 5.32 Å². The first-order valence-electron chi connectivity index (χ1n) is 7.04. The van der Waals surface area contributed by atoms with Crippen molar-refractivity contribution in [1.82, 2.24) is 4.98 Å². The van der Waals surface area contributed by atoms with Crippen LogP contribution in [0.1, 0.15) is 25.3 Å². The first kappa shape index (κ1) is 16.0. The molecule has 1 unspecified atom stereocenters. The number of aliphatic hydroxyl groups is 1. The van der Waals surface area contributed by atoms with Crippen molar-refractivity contribution in [3.05, 3.63) is 58.7 Å². The predicted octanol–water partition coefficient (Wildman–Crippen LogP) is 4.06. The topological polar surface area (TPSA) is 45.1 Å². The monoisotopic (exact) mass is 348 g/mol. The van der Waals surface area contributed by atoms with E-state index >= 15 is 0 Å². The van der Waals surface area contributed by atoms with E-state index < -0.39 is 0 Å². The Morgan fingerprint density at radius 3 is 2.48 bits per heavy atom. The molecule has 0 saturated heterocycles. The minimum Gasteiger partial charge on any atom is -0.396 e. The van der Waals surface area contributed by atoms with E-state index in [1.54, 1.807) is 6.20 Å². The van der Waals surface area contributed by atoms with E-state index in [4.69, 9.17) is 0 Å². The molecule has 0 spiro atoms. The van der Waals surface area contributed by atoms with Crippen LogP contribution in [-0.2, 0) is 0 Å². The third kappa shape index (κ3) is 4.29. The van der Waals surface area contributed by atoms with Crippen LogP contribution in [0.15, 0.2) is 53.1 Å². The second-order valence-electron chi connectivity index (χ2n) is 5.85. The van der Waals surface area contributed by atoms with Gasteiger partial charge in [0.15, 0.2) is 0 Å². The molecule has 21 heavy (non-hydrogen) atoms. The fraction of sp³-hybridized carbons (Fsp3) is 0.353. The number of hydrogen-bond acceptors (Lipinski definition) is 3. The first-order chi connectivity index (χ1) is 10.0. The number of nitrogens with one attached hydrogen (secondary N) is 1. The Bertz CT molecular complexity index is 555. The summed E-state index contributed by atoms with van der Waals surface area (Å²) in [7, 11) is 0. The molecule has 0 aliphatic rings. The largest absolute Gasteiger partial charge is 0.396 e. The number of pyridine rings is 1. The molecule has 0 aliphatic heterocycles. The molecule has 1 aromatic heterocycles. The summed E-state index contributed by atoms with van der Waals surface area (Å²) >= 11 is 3.38. The maximum Gasteiger partial charge on any atom is 0.125 e. The average molecular weight is 349 g/mol. The Kier molecular flexibility index (Phi) is 5.37. The molecule has 1 atom stereocenters. The zero-order valence-corrected chi connectivity index (χ0v) is 14.0. The van der Waals surface area contributed by atoms with Gasteiger partial charge >= 0.3 is 0 Å². The van der Waals surface area contributed by atoms with Gasteiger partial charge in [0.1, 0.15) is 5.82 Å². The van der Waals surface area contributed by atoms with Gasteiger partial charge in [0, 0.05) is 29.7 Å². The second-order valence-corrected chi connectivity index (χ2v) is 6.77. The summed E-state index contributed by atoms with van der Waals surface area (Å²) in [4.78, 5) is 4.33. The number of halogens is 1. The lowest BCUT2D eigenvalue weighted by atomic mass is 9.75. The number of benzene rings is 1. The lowest BCUT2D eigenvalue weighted by molar-refractivity contribution is 0.134. The Labute approximate surface area is 134 Å². The molecule has 2 aromatic rings. The molecule has 1 aromatic carbocycles. The number of anilines is 1. The van der Waals surface area contributed by atoms with E-state index in [9.17, 15) is 5.11 Å². The van der Waals surface area contributed by atoms with Crippen molar-refractivity contribution in [1.29, 1.82) is 0 Å². The SMILES string of the molecule is CC(C)(CO)C(CNc1ccc(Br)cn1)c1ccccc1. The summed E-state index contributed by atoms with van der Waals surface area (Å²) in [5.41, 5.74) is 1.02. The summed E-state index contributed by atoms with van der Waals surface area (Å²) in [5.74, 6) is 1.04. The average Bonchev–Trinajstić information content (AvgIpc) is 2.50. The molecule has 0 aliphatic carbocycles. The molecule has 0 fully saturated rings. The number of rotatable bonds is 6. The highest BCUT2D eigenvalue weighted by Crippen LogP contribution is 2.35. The minimum atomic E-state index is -0.205. The molecule has 0 saturated carbocycles. The molecule has 2 rings (SSSR count). The number of nitrogens with zero attached hydrogens (tertiary/aromatic N) is 1. The molecule has 4 heteroatoms. The lowest BCUT2D eigenvalue weighted by Gasteiger charge is -2.33. The van der Waals surface area contributed by atoms with E-state index in [1.807, 2.05) is 30.3 Å². The lowest BCUT2D eigenvalue weighted by Crippen LogP contribution is -2.31. The molecule has 0 radical (unpaired) electrons. The van der Waals surface area contributed by atoms with Crippen LogP contribution in [0, 0.1) is 5.41 Å². The fourth-order valence-electron chi connectivity index (χ4n) is 2.33. The summed E-state index contributed by atoms with van der Waals surface area (Å²) < 4.78 is 0.961. The molecule has 112 valence electrons. The standard InChI is InChI=1S/C17H21BrN2O/c1-17(2,12-21)15(13-6-4-3-5-7-13)11-20-16-9-8-14(18)10-19-16/h3-10,15,21H,11-12H2,1-2H3,(H,19,20). The van der Waals surface area contributed by atoms with Gasteiger partial charge in [0.2, 0.25) is 0 Å². The normalized spacial score (nSPS) is 13.0. The Morgan fingerprint density at radius 1 is 1.19 bits per heavy atom. The van der Waals surface area contributed by atoms with Gasteiger partial charge in [-0.3, -0.25) is 0 Å². The van der Waals surface area contributed by atoms with Crippen molar-refractivity contribution in [2.75, 3.05) is 18.5 Å². The van der Waals surface area contributed by atoms with Gasteiger partial charge in [0.25, 0.3) is 0 Å². The Balaban J connectivity index is 2.15. The summed E-state index contributed by atoms with van der Waals surface area (Å²) in [5, 5.41) is 13.1. The van der Waals surface area contributed by atoms with Gasteiger partial charge in [-0.2, -0.15) is 0 Å². The highest BCUT2D eigenvalue weighted by Gasteiger charge is 2.30. The number of aromatic nitrogens is 1. The van der Waals surface area contributed by atoms with Crippen LogP contribution in [0.3, 0.4) is 0 Å². The zero-order valence-electron chi connectivity index (χ0n) is 12.4. The number of aliphatic hydroxyl groups excluding tert-OH is 1. The summed E-state index contributed by atoms with van der Waals surface area (Å²) in [6, 6.07) is 14.2. The van der Waals surface area contributed by atoms with E-state index in [-0.39, 0.29) is 17.9 Å². The van der Waals surface area contributed by atoms with E-state index in [0.29, 0.717) is 0 Å². The maximum absolute atomic E-state index is 9.71. The van der Waals surface area contributed by atoms with Crippen LogP contribution >= 0.6 is 15.9 Å². The van der Waals surface area contributed by atoms with Gasteiger partial charge in [-0.15, -0.1) is 0 Å².